The van der Waals surface area contributed by atoms with Gasteiger partial charge >= 0.3 is 5.97 Å². The van der Waals surface area contributed by atoms with Crippen molar-refractivity contribution in [1.82, 2.24) is 5.32 Å². The van der Waals surface area contributed by atoms with E-state index in [1.165, 1.54) is 17.2 Å². The van der Waals surface area contributed by atoms with Gasteiger partial charge in [0.2, 0.25) is 5.76 Å². The van der Waals surface area contributed by atoms with Crippen molar-refractivity contribution >= 4 is 5.97 Å². The van der Waals surface area contributed by atoms with Gasteiger partial charge in [-0.25, -0.2) is 4.79 Å². The molecule has 0 aliphatic heterocycles. The molecule has 4 nitrogen and oxygen atoms in total. The second-order valence-electron chi connectivity index (χ2n) is 5.03. The summed E-state index contributed by atoms with van der Waals surface area (Å²) in [5.74, 6) is -0.451. The smallest absolute Gasteiger partial charge is 0.371 e. The maximum absolute atomic E-state index is 10.8. The summed E-state index contributed by atoms with van der Waals surface area (Å²) in [6, 6.07) is 11.6. The highest BCUT2D eigenvalue weighted by atomic mass is 16.4. The third-order valence-corrected chi connectivity index (χ3v) is 3.34. The quantitative estimate of drug-likeness (QED) is 0.872. The van der Waals surface area contributed by atoms with Crippen LogP contribution in [0.3, 0.4) is 0 Å². The lowest BCUT2D eigenvalue weighted by Gasteiger charge is -2.19. The molecule has 0 amide bonds. The maximum Gasteiger partial charge on any atom is 0.371 e. The van der Waals surface area contributed by atoms with Crippen molar-refractivity contribution in [2.24, 2.45) is 0 Å². The normalized spacial score (nSPS) is 13.9. The predicted molar refractivity (Wildman–Crippen MR) is 76.8 cm³/mol. The van der Waals surface area contributed by atoms with Gasteiger partial charge in [-0.15, -0.1) is 0 Å². The van der Waals surface area contributed by atoms with E-state index in [0.29, 0.717) is 5.76 Å². The zero-order valence-corrected chi connectivity index (χ0v) is 11.9. The molecule has 0 bridgehead atoms. The van der Waals surface area contributed by atoms with Gasteiger partial charge in [-0.05, 0) is 38.5 Å². The number of furan rings is 1. The van der Waals surface area contributed by atoms with Crippen molar-refractivity contribution in [2.45, 2.75) is 32.9 Å². The summed E-state index contributed by atoms with van der Waals surface area (Å²) in [4.78, 5) is 10.8. The largest absolute Gasteiger partial charge is 0.475 e. The number of aryl methyl sites for hydroxylation is 1. The van der Waals surface area contributed by atoms with Crippen molar-refractivity contribution in [3.05, 3.63) is 59.0 Å². The van der Waals surface area contributed by atoms with E-state index in [2.05, 4.69) is 43.4 Å². The molecule has 0 aliphatic rings. The van der Waals surface area contributed by atoms with Crippen molar-refractivity contribution in [3.63, 3.8) is 0 Å². The molecule has 20 heavy (non-hydrogen) atoms. The fourth-order valence-corrected chi connectivity index (χ4v) is 2.11. The molecule has 1 aromatic heterocycles. The van der Waals surface area contributed by atoms with Gasteiger partial charge < -0.3 is 14.8 Å². The molecule has 4 heteroatoms. The van der Waals surface area contributed by atoms with E-state index in [4.69, 9.17) is 9.52 Å². The fourth-order valence-electron chi connectivity index (χ4n) is 2.11. The summed E-state index contributed by atoms with van der Waals surface area (Å²) in [6.07, 6.45) is 0. The van der Waals surface area contributed by atoms with Crippen molar-refractivity contribution in [3.8, 4) is 0 Å². The average Bonchev–Trinajstić information content (AvgIpc) is 2.89. The lowest BCUT2D eigenvalue weighted by atomic mass is 10.1. The topological polar surface area (TPSA) is 62.5 Å². The molecule has 2 aromatic rings. The first-order chi connectivity index (χ1) is 9.47. The summed E-state index contributed by atoms with van der Waals surface area (Å²) in [5.41, 5.74) is 2.42. The van der Waals surface area contributed by atoms with Crippen LogP contribution in [-0.4, -0.2) is 11.1 Å². The van der Waals surface area contributed by atoms with Gasteiger partial charge in [0.05, 0.1) is 6.04 Å². The number of carboxylic acid groups (broad SMARTS) is 1. The van der Waals surface area contributed by atoms with E-state index in [9.17, 15) is 4.79 Å². The minimum atomic E-state index is -1.05. The van der Waals surface area contributed by atoms with Crippen LogP contribution in [-0.2, 0) is 0 Å². The third kappa shape index (κ3) is 3.27. The first-order valence-electron chi connectivity index (χ1n) is 6.63. The van der Waals surface area contributed by atoms with Gasteiger partial charge in [0, 0.05) is 6.04 Å². The van der Waals surface area contributed by atoms with Crippen molar-refractivity contribution in [2.75, 3.05) is 0 Å². The number of benzene rings is 1. The summed E-state index contributed by atoms with van der Waals surface area (Å²) in [6.45, 7) is 6.08. The predicted octanol–water partition coefficient (Wildman–Crippen LogP) is 3.70. The van der Waals surface area contributed by atoms with Crippen LogP contribution in [0.4, 0.5) is 0 Å². The summed E-state index contributed by atoms with van der Waals surface area (Å²) >= 11 is 0. The Bertz CT molecular complexity index is 586. The number of aromatic carboxylic acids is 1. The Balaban J connectivity index is 2.04. The second kappa shape index (κ2) is 5.92. The minimum Gasteiger partial charge on any atom is -0.475 e. The molecule has 2 unspecified atom stereocenters. The first-order valence-corrected chi connectivity index (χ1v) is 6.63. The van der Waals surface area contributed by atoms with Crippen LogP contribution in [0.15, 0.2) is 40.8 Å². The van der Waals surface area contributed by atoms with E-state index in [0.717, 1.165) is 0 Å². The van der Waals surface area contributed by atoms with Gasteiger partial charge in [0.15, 0.2) is 0 Å². The molecule has 2 N–H and O–H groups in total. The summed E-state index contributed by atoms with van der Waals surface area (Å²) in [7, 11) is 0. The molecule has 1 aromatic carbocycles. The van der Waals surface area contributed by atoms with E-state index in [-0.39, 0.29) is 17.8 Å². The van der Waals surface area contributed by atoms with E-state index < -0.39 is 5.97 Å². The lowest BCUT2D eigenvalue weighted by molar-refractivity contribution is 0.0659. The number of rotatable bonds is 5. The van der Waals surface area contributed by atoms with E-state index >= 15 is 0 Å². The minimum absolute atomic E-state index is 0.0309. The van der Waals surface area contributed by atoms with Crippen LogP contribution in [0.2, 0.25) is 0 Å². The number of hydrogen-bond acceptors (Lipinski definition) is 3. The molecule has 2 atom stereocenters. The number of carboxylic acids is 1. The monoisotopic (exact) mass is 273 g/mol. The average molecular weight is 273 g/mol. The molecule has 2 rings (SSSR count). The number of nitrogens with one attached hydrogen (secondary N) is 1. The molecule has 0 spiro atoms. The molecule has 0 radical (unpaired) electrons. The van der Waals surface area contributed by atoms with Crippen LogP contribution < -0.4 is 5.32 Å². The molecule has 1 heterocycles. The zero-order chi connectivity index (χ0) is 14.7. The Morgan fingerprint density at radius 1 is 1.10 bits per heavy atom. The van der Waals surface area contributed by atoms with E-state index in [1.54, 1.807) is 6.07 Å². The van der Waals surface area contributed by atoms with Crippen molar-refractivity contribution in [1.29, 1.82) is 0 Å². The highest BCUT2D eigenvalue weighted by molar-refractivity contribution is 5.84. The number of carbonyl (C=O) groups is 1. The van der Waals surface area contributed by atoms with Crippen LogP contribution in [0.1, 0.15) is 53.4 Å². The SMILES string of the molecule is Cc1ccc(C(C)NC(C)c2ccc(C(=O)O)o2)cc1. The molecular formula is C16H19NO3. The molecule has 0 saturated heterocycles. The Morgan fingerprint density at radius 3 is 2.30 bits per heavy atom. The van der Waals surface area contributed by atoms with Gasteiger partial charge in [0.25, 0.3) is 0 Å². The van der Waals surface area contributed by atoms with Crippen LogP contribution >= 0.6 is 0 Å². The summed E-state index contributed by atoms with van der Waals surface area (Å²) < 4.78 is 5.30. The highest BCUT2D eigenvalue weighted by Gasteiger charge is 2.16. The summed E-state index contributed by atoms with van der Waals surface area (Å²) in [5, 5.41) is 12.2. The fraction of sp³-hybridized carbons (Fsp3) is 0.312. The Hall–Kier alpha value is -2.07. The van der Waals surface area contributed by atoms with Gasteiger partial charge in [-0.3, -0.25) is 0 Å². The maximum atomic E-state index is 10.8. The molecule has 0 saturated carbocycles. The van der Waals surface area contributed by atoms with E-state index in [1.807, 2.05) is 6.92 Å². The molecule has 0 fully saturated rings. The second-order valence-corrected chi connectivity index (χ2v) is 5.03. The Morgan fingerprint density at radius 2 is 1.75 bits per heavy atom. The van der Waals surface area contributed by atoms with Gasteiger partial charge in [-0.2, -0.15) is 0 Å². The van der Waals surface area contributed by atoms with Crippen LogP contribution in [0.25, 0.3) is 0 Å². The zero-order valence-electron chi connectivity index (χ0n) is 11.9. The first kappa shape index (κ1) is 14.3. The van der Waals surface area contributed by atoms with Crippen LogP contribution in [0.5, 0.6) is 0 Å². The van der Waals surface area contributed by atoms with Crippen LogP contribution in [0, 0.1) is 6.92 Å². The van der Waals surface area contributed by atoms with Gasteiger partial charge in [0.1, 0.15) is 5.76 Å². The molecule has 0 aliphatic carbocycles. The molecule has 106 valence electrons. The third-order valence-electron chi connectivity index (χ3n) is 3.34. The number of hydrogen-bond donors (Lipinski definition) is 2. The standard InChI is InChI=1S/C16H19NO3/c1-10-4-6-13(7-5-10)11(2)17-12(3)14-8-9-15(20-14)16(18)19/h4-9,11-12,17H,1-3H3,(H,18,19). The van der Waals surface area contributed by atoms with Gasteiger partial charge in [-0.1, -0.05) is 29.8 Å². The van der Waals surface area contributed by atoms with Crippen molar-refractivity contribution < 1.29 is 14.3 Å². The highest BCUT2D eigenvalue weighted by Crippen LogP contribution is 2.21. The Kier molecular flexibility index (Phi) is 4.25. The lowest BCUT2D eigenvalue weighted by Crippen LogP contribution is -2.22. The molecular weight excluding hydrogens is 254 g/mol. The Labute approximate surface area is 118 Å².